The minimum Gasteiger partial charge on any atom is -0.465 e. The Morgan fingerprint density at radius 2 is 1.68 bits per heavy atom. The maximum Gasteiger partial charge on any atom is 0.411 e. The smallest absolute Gasteiger partial charge is 0.411 e. The van der Waals surface area contributed by atoms with Crippen LogP contribution in [-0.4, -0.2) is 45.2 Å². The maximum atomic E-state index is 12.1. The van der Waals surface area contributed by atoms with Crippen LogP contribution in [0.1, 0.15) is 13.8 Å². The number of hydrogen-bond donors (Lipinski definition) is 2. The molecule has 3 rings (SSSR count). The largest absolute Gasteiger partial charge is 0.465 e. The molecular formula is C19H21N3O5S. The molecule has 0 aliphatic carbocycles. The van der Waals surface area contributed by atoms with Crippen LogP contribution >= 0.6 is 0 Å². The summed E-state index contributed by atoms with van der Waals surface area (Å²) in [7, 11) is -2.19. The summed E-state index contributed by atoms with van der Waals surface area (Å²) >= 11 is 0. The summed E-state index contributed by atoms with van der Waals surface area (Å²) in [5, 5.41) is 9.59. The van der Waals surface area contributed by atoms with Gasteiger partial charge in [0.1, 0.15) is 0 Å². The summed E-state index contributed by atoms with van der Waals surface area (Å²) in [5.41, 5.74) is 2.41. The van der Waals surface area contributed by atoms with Crippen LogP contribution in [0, 0.1) is 0 Å². The Labute approximate surface area is 163 Å². The average Bonchev–Trinajstić information content (AvgIpc) is 2.66. The molecule has 0 aromatic heterocycles. The molecule has 2 amide bonds. The van der Waals surface area contributed by atoms with Crippen LogP contribution in [0.4, 0.5) is 16.2 Å². The topological polar surface area (TPSA) is 107 Å². The lowest BCUT2D eigenvalue weighted by Crippen LogP contribution is -2.51. The van der Waals surface area contributed by atoms with Crippen LogP contribution in [0.15, 0.2) is 47.4 Å². The molecule has 28 heavy (non-hydrogen) atoms. The second kappa shape index (κ2) is 7.25. The number of benzene rings is 2. The maximum absolute atomic E-state index is 12.1. The summed E-state index contributed by atoms with van der Waals surface area (Å²) in [6.45, 7) is 3.42. The van der Waals surface area contributed by atoms with E-state index in [9.17, 15) is 23.1 Å². The number of carboxylic acid groups (broad SMARTS) is 1. The zero-order chi connectivity index (χ0) is 20.6. The third-order valence-electron chi connectivity index (χ3n) is 4.75. The Morgan fingerprint density at radius 3 is 2.21 bits per heavy atom. The Kier molecular flexibility index (Phi) is 5.14. The van der Waals surface area contributed by atoms with Crippen LogP contribution in [-0.2, 0) is 14.8 Å². The Balaban J connectivity index is 2.07. The van der Waals surface area contributed by atoms with E-state index >= 15 is 0 Å². The van der Waals surface area contributed by atoms with Crippen LogP contribution in [0.3, 0.4) is 0 Å². The number of fused-ring (bicyclic) bond motifs is 1. The molecule has 1 heterocycles. The second-order valence-electron chi connectivity index (χ2n) is 6.57. The lowest BCUT2D eigenvalue weighted by Gasteiger charge is -2.39. The monoisotopic (exact) mass is 403 g/mol. The van der Waals surface area contributed by atoms with Gasteiger partial charge in [0.05, 0.1) is 22.3 Å². The van der Waals surface area contributed by atoms with Crippen molar-refractivity contribution >= 4 is 33.4 Å². The van der Waals surface area contributed by atoms with Gasteiger partial charge in [0, 0.05) is 13.5 Å². The first-order valence-electron chi connectivity index (χ1n) is 8.64. The Morgan fingerprint density at radius 1 is 1.07 bits per heavy atom. The van der Waals surface area contributed by atoms with Crippen molar-refractivity contribution in [3.05, 3.63) is 42.5 Å². The Bertz CT molecular complexity index is 1030. The first kappa shape index (κ1) is 19.8. The molecule has 9 heteroatoms. The first-order chi connectivity index (χ1) is 13.2. The molecule has 2 N–H and O–H groups in total. The van der Waals surface area contributed by atoms with E-state index in [2.05, 4.69) is 4.72 Å². The molecule has 1 atom stereocenters. The van der Waals surface area contributed by atoms with Gasteiger partial charge < -0.3 is 10.0 Å². The predicted molar refractivity (Wildman–Crippen MR) is 106 cm³/mol. The molecule has 148 valence electrons. The fraction of sp³-hybridized carbons (Fsp3) is 0.263. The van der Waals surface area contributed by atoms with Crippen LogP contribution < -0.4 is 14.5 Å². The van der Waals surface area contributed by atoms with Crippen molar-refractivity contribution in [2.75, 3.05) is 23.4 Å². The molecule has 2 aromatic carbocycles. The van der Waals surface area contributed by atoms with E-state index in [1.165, 1.54) is 31.0 Å². The van der Waals surface area contributed by atoms with Crippen molar-refractivity contribution in [2.24, 2.45) is 0 Å². The second-order valence-corrected chi connectivity index (χ2v) is 8.45. The van der Waals surface area contributed by atoms with Gasteiger partial charge in [0.2, 0.25) is 15.9 Å². The molecule has 8 nitrogen and oxygen atoms in total. The third-order valence-corrected chi connectivity index (χ3v) is 6.18. The number of nitrogens with zero attached hydrogens (tertiary/aromatic N) is 2. The van der Waals surface area contributed by atoms with E-state index in [1.807, 2.05) is 0 Å². The van der Waals surface area contributed by atoms with Gasteiger partial charge in [0.15, 0.2) is 0 Å². The van der Waals surface area contributed by atoms with E-state index < -0.39 is 16.1 Å². The van der Waals surface area contributed by atoms with E-state index in [0.29, 0.717) is 11.4 Å². The molecule has 1 aliphatic rings. The van der Waals surface area contributed by atoms with Gasteiger partial charge in [-0.05, 0) is 49.4 Å². The van der Waals surface area contributed by atoms with Gasteiger partial charge >= 0.3 is 6.09 Å². The molecule has 0 saturated carbocycles. The van der Waals surface area contributed by atoms with Crippen LogP contribution in [0.5, 0.6) is 0 Å². The number of sulfonamides is 1. The number of anilines is 2. The molecule has 0 unspecified atom stereocenters. The van der Waals surface area contributed by atoms with E-state index in [4.69, 9.17) is 0 Å². The highest BCUT2D eigenvalue weighted by Gasteiger charge is 2.33. The SMILES string of the molecule is CNS(=O)(=O)c1ccc(-c2ccc3c(c2)N(C(=O)O)C[C@H](C)N3C(C)=O)cc1. The standard InChI is InChI=1S/C19H21N3O5S/c1-12-11-21(19(24)25)18-10-15(6-9-17(18)22(12)13(2)23)14-4-7-16(8-5-14)28(26,27)20-3/h4-10,12,20H,11H2,1-3H3,(H,24,25)/t12-/m0/s1. The summed E-state index contributed by atoms with van der Waals surface area (Å²) in [5.74, 6) is -0.159. The Hall–Kier alpha value is -2.91. The van der Waals surface area contributed by atoms with Crippen molar-refractivity contribution < 1.29 is 23.1 Å². The van der Waals surface area contributed by atoms with Gasteiger partial charge in [-0.2, -0.15) is 0 Å². The van der Waals surface area contributed by atoms with Crippen molar-refractivity contribution in [1.29, 1.82) is 0 Å². The number of hydrogen-bond acceptors (Lipinski definition) is 4. The molecule has 0 bridgehead atoms. The molecule has 0 spiro atoms. The lowest BCUT2D eigenvalue weighted by atomic mass is 10.0. The molecular weight excluding hydrogens is 382 g/mol. The molecule has 0 radical (unpaired) electrons. The van der Waals surface area contributed by atoms with Crippen molar-refractivity contribution in [3.63, 3.8) is 0 Å². The van der Waals surface area contributed by atoms with Gasteiger partial charge in [-0.25, -0.2) is 17.9 Å². The number of nitrogens with one attached hydrogen (secondary N) is 1. The van der Waals surface area contributed by atoms with Gasteiger partial charge in [-0.1, -0.05) is 18.2 Å². The van der Waals surface area contributed by atoms with E-state index in [1.54, 1.807) is 42.2 Å². The van der Waals surface area contributed by atoms with Gasteiger partial charge in [-0.3, -0.25) is 9.69 Å². The molecule has 0 saturated heterocycles. The quantitative estimate of drug-likeness (QED) is 0.819. The van der Waals surface area contributed by atoms with Gasteiger partial charge in [-0.15, -0.1) is 0 Å². The highest BCUT2D eigenvalue weighted by molar-refractivity contribution is 7.89. The minimum absolute atomic E-state index is 0.139. The third kappa shape index (κ3) is 3.46. The summed E-state index contributed by atoms with van der Waals surface area (Å²) in [6, 6.07) is 11.2. The van der Waals surface area contributed by atoms with E-state index in [0.717, 1.165) is 11.1 Å². The summed E-state index contributed by atoms with van der Waals surface area (Å²) in [6.07, 6.45) is -1.09. The predicted octanol–water partition coefficient (Wildman–Crippen LogP) is 2.50. The van der Waals surface area contributed by atoms with Crippen molar-refractivity contribution in [1.82, 2.24) is 4.72 Å². The van der Waals surface area contributed by atoms with Crippen LogP contribution in [0.25, 0.3) is 11.1 Å². The molecule has 1 aliphatic heterocycles. The highest BCUT2D eigenvalue weighted by atomic mass is 32.2. The molecule has 0 fully saturated rings. The fourth-order valence-electron chi connectivity index (χ4n) is 3.41. The first-order valence-corrected chi connectivity index (χ1v) is 10.1. The van der Waals surface area contributed by atoms with Crippen LogP contribution in [0.2, 0.25) is 0 Å². The van der Waals surface area contributed by atoms with Crippen molar-refractivity contribution in [3.8, 4) is 11.1 Å². The fourth-order valence-corrected chi connectivity index (χ4v) is 4.14. The number of rotatable bonds is 3. The number of carbonyl (C=O) groups is 2. The zero-order valence-electron chi connectivity index (χ0n) is 15.7. The summed E-state index contributed by atoms with van der Waals surface area (Å²) < 4.78 is 26.0. The molecule has 2 aromatic rings. The highest BCUT2D eigenvalue weighted by Crippen LogP contribution is 2.39. The van der Waals surface area contributed by atoms with Crippen molar-refractivity contribution in [2.45, 2.75) is 24.8 Å². The number of amides is 2. The summed E-state index contributed by atoms with van der Waals surface area (Å²) in [4.78, 5) is 26.7. The normalized spacial score (nSPS) is 16.6. The average molecular weight is 403 g/mol. The number of carbonyl (C=O) groups excluding carboxylic acids is 1. The lowest BCUT2D eigenvalue weighted by molar-refractivity contribution is -0.117. The zero-order valence-corrected chi connectivity index (χ0v) is 16.5. The van der Waals surface area contributed by atoms with E-state index in [-0.39, 0.29) is 23.4 Å². The minimum atomic E-state index is -3.53. The van der Waals surface area contributed by atoms with Gasteiger partial charge in [0.25, 0.3) is 0 Å².